The van der Waals surface area contributed by atoms with Gasteiger partial charge in [0.2, 0.25) is 0 Å². The van der Waals surface area contributed by atoms with E-state index in [1.165, 1.54) is 128 Å². The number of esters is 3. The van der Waals surface area contributed by atoms with Gasteiger partial charge in [-0.25, -0.2) is 0 Å². The molecule has 0 radical (unpaired) electrons. The average molecular weight is 936 g/mol. The maximum atomic E-state index is 12.9. The van der Waals surface area contributed by atoms with Gasteiger partial charge in [-0.05, 0) is 116 Å². The standard InChI is InChI=1S/C61H106O6/c1-4-7-10-13-16-19-22-25-28-30-33-36-39-42-45-48-51-54-60(63)66-57-58(56-65-59(62)53-50-47-44-41-38-35-32-27-24-21-18-15-12-9-6-3)67-61(64)55-52-49-46-43-40-37-34-31-29-26-23-20-17-14-11-8-5-2/h16,18-19,21,25-29,32-33,36,58H,4-15,17,20,22-24,30-31,34-35,37-57H2,1-3H3/b19-16-,21-18-,28-25-,29-26-,32-27-,36-33-/t58-/m1/s1. The Balaban J connectivity index is 4.45. The van der Waals surface area contributed by atoms with Crippen LogP contribution in [0.5, 0.6) is 0 Å². The van der Waals surface area contributed by atoms with Crippen molar-refractivity contribution in [2.24, 2.45) is 0 Å². The number of unbranched alkanes of at least 4 members (excludes halogenated alkanes) is 28. The van der Waals surface area contributed by atoms with Gasteiger partial charge in [0.15, 0.2) is 6.10 Å². The summed E-state index contributed by atoms with van der Waals surface area (Å²) in [6.07, 6.45) is 70.2. The Labute approximate surface area is 414 Å². The van der Waals surface area contributed by atoms with Crippen LogP contribution in [-0.2, 0) is 28.6 Å². The van der Waals surface area contributed by atoms with E-state index < -0.39 is 6.10 Å². The van der Waals surface area contributed by atoms with Crippen molar-refractivity contribution in [1.82, 2.24) is 0 Å². The van der Waals surface area contributed by atoms with E-state index in [2.05, 4.69) is 93.7 Å². The number of carbonyl (C=O) groups excluding carboxylic acids is 3. The van der Waals surface area contributed by atoms with E-state index >= 15 is 0 Å². The summed E-state index contributed by atoms with van der Waals surface area (Å²) in [5.74, 6) is -0.924. The Kier molecular flexibility index (Phi) is 52.8. The molecule has 0 aliphatic rings. The van der Waals surface area contributed by atoms with Gasteiger partial charge < -0.3 is 14.2 Å². The molecule has 0 bridgehead atoms. The second kappa shape index (κ2) is 55.4. The van der Waals surface area contributed by atoms with E-state index in [1.54, 1.807) is 0 Å². The Morgan fingerprint density at radius 1 is 0.299 bits per heavy atom. The van der Waals surface area contributed by atoms with Crippen LogP contribution >= 0.6 is 0 Å². The van der Waals surface area contributed by atoms with E-state index in [0.29, 0.717) is 19.3 Å². The fourth-order valence-corrected chi connectivity index (χ4v) is 7.83. The van der Waals surface area contributed by atoms with Gasteiger partial charge in [-0.1, -0.05) is 216 Å². The molecule has 0 N–H and O–H groups in total. The smallest absolute Gasteiger partial charge is 0.306 e. The van der Waals surface area contributed by atoms with E-state index in [0.717, 1.165) is 109 Å². The molecule has 0 heterocycles. The molecule has 0 rings (SSSR count). The SMILES string of the molecule is CCCCC/C=C\C/C=C\C/C=C\CCCCCCC(=O)OC[C@@H](COC(=O)CCCCCCC/C=C\C/C=C\CCCCC)OC(=O)CCCCCCCCC/C=C\CCCCCCCC. The normalized spacial score (nSPS) is 12.6. The second-order valence-electron chi connectivity index (χ2n) is 18.8. The van der Waals surface area contributed by atoms with E-state index in [-0.39, 0.29) is 31.1 Å². The summed E-state index contributed by atoms with van der Waals surface area (Å²) < 4.78 is 16.8. The van der Waals surface area contributed by atoms with Crippen LogP contribution in [-0.4, -0.2) is 37.2 Å². The monoisotopic (exact) mass is 935 g/mol. The molecule has 386 valence electrons. The molecule has 0 aromatic rings. The van der Waals surface area contributed by atoms with Crippen molar-refractivity contribution in [2.75, 3.05) is 13.2 Å². The van der Waals surface area contributed by atoms with Crippen LogP contribution in [0.2, 0.25) is 0 Å². The first-order chi connectivity index (χ1) is 33.0. The summed E-state index contributed by atoms with van der Waals surface area (Å²) in [6, 6.07) is 0. The number of carbonyl (C=O) groups is 3. The van der Waals surface area contributed by atoms with Crippen molar-refractivity contribution >= 4 is 17.9 Å². The Hall–Kier alpha value is -3.15. The summed E-state index contributed by atoms with van der Waals surface area (Å²) in [4.78, 5) is 38.1. The third-order valence-electron chi connectivity index (χ3n) is 12.2. The molecule has 1 atom stereocenters. The Morgan fingerprint density at radius 3 is 0.881 bits per heavy atom. The van der Waals surface area contributed by atoms with Crippen molar-refractivity contribution in [3.63, 3.8) is 0 Å². The van der Waals surface area contributed by atoms with Crippen LogP contribution < -0.4 is 0 Å². The van der Waals surface area contributed by atoms with Crippen molar-refractivity contribution in [3.05, 3.63) is 72.9 Å². The number of hydrogen-bond acceptors (Lipinski definition) is 6. The molecule has 6 nitrogen and oxygen atoms in total. The van der Waals surface area contributed by atoms with Gasteiger partial charge in [0.25, 0.3) is 0 Å². The Morgan fingerprint density at radius 2 is 0.537 bits per heavy atom. The summed E-state index contributed by atoms with van der Waals surface area (Å²) in [5.41, 5.74) is 0. The molecular weight excluding hydrogens is 829 g/mol. The van der Waals surface area contributed by atoms with Gasteiger partial charge in [0.1, 0.15) is 13.2 Å². The highest BCUT2D eigenvalue weighted by Crippen LogP contribution is 2.14. The first kappa shape index (κ1) is 63.8. The third kappa shape index (κ3) is 53.7. The van der Waals surface area contributed by atoms with Crippen LogP contribution in [0.15, 0.2) is 72.9 Å². The van der Waals surface area contributed by atoms with Crippen molar-refractivity contribution < 1.29 is 28.6 Å². The largest absolute Gasteiger partial charge is 0.462 e. The van der Waals surface area contributed by atoms with Crippen molar-refractivity contribution in [3.8, 4) is 0 Å². The van der Waals surface area contributed by atoms with Crippen molar-refractivity contribution in [1.29, 1.82) is 0 Å². The van der Waals surface area contributed by atoms with E-state index in [4.69, 9.17) is 14.2 Å². The van der Waals surface area contributed by atoms with Crippen LogP contribution in [0, 0.1) is 0 Å². The zero-order chi connectivity index (χ0) is 48.6. The average Bonchev–Trinajstić information content (AvgIpc) is 3.33. The number of allylic oxidation sites excluding steroid dienone is 12. The molecule has 0 saturated carbocycles. The molecule has 67 heavy (non-hydrogen) atoms. The van der Waals surface area contributed by atoms with E-state index in [9.17, 15) is 14.4 Å². The molecule has 6 heteroatoms. The predicted molar refractivity (Wildman–Crippen MR) is 288 cm³/mol. The van der Waals surface area contributed by atoms with Gasteiger partial charge in [-0.2, -0.15) is 0 Å². The Bertz CT molecular complexity index is 1260. The molecule has 0 fully saturated rings. The molecule has 0 aliphatic carbocycles. The maximum Gasteiger partial charge on any atom is 0.306 e. The zero-order valence-corrected chi connectivity index (χ0v) is 44.2. The van der Waals surface area contributed by atoms with Crippen molar-refractivity contribution in [2.45, 2.75) is 284 Å². The fourth-order valence-electron chi connectivity index (χ4n) is 7.83. The maximum absolute atomic E-state index is 12.9. The zero-order valence-electron chi connectivity index (χ0n) is 44.2. The molecule has 0 saturated heterocycles. The summed E-state index contributed by atoms with van der Waals surface area (Å²) in [7, 11) is 0. The van der Waals surface area contributed by atoms with Gasteiger partial charge in [-0.3, -0.25) is 14.4 Å². The van der Waals surface area contributed by atoms with Gasteiger partial charge >= 0.3 is 17.9 Å². The third-order valence-corrected chi connectivity index (χ3v) is 12.2. The van der Waals surface area contributed by atoms with Gasteiger partial charge in [-0.15, -0.1) is 0 Å². The summed E-state index contributed by atoms with van der Waals surface area (Å²) >= 11 is 0. The highest BCUT2D eigenvalue weighted by Gasteiger charge is 2.19. The van der Waals surface area contributed by atoms with Crippen LogP contribution in [0.4, 0.5) is 0 Å². The quantitative estimate of drug-likeness (QED) is 0.0262. The molecule has 0 aromatic heterocycles. The van der Waals surface area contributed by atoms with Crippen LogP contribution in [0.3, 0.4) is 0 Å². The first-order valence-corrected chi connectivity index (χ1v) is 28.4. The highest BCUT2D eigenvalue weighted by molar-refractivity contribution is 5.71. The number of ether oxygens (including phenoxy) is 3. The van der Waals surface area contributed by atoms with Gasteiger partial charge in [0, 0.05) is 19.3 Å². The predicted octanol–water partition coefficient (Wildman–Crippen LogP) is 19.0. The fraction of sp³-hybridized carbons (Fsp3) is 0.754. The van der Waals surface area contributed by atoms with Crippen LogP contribution in [0.1, 0.15) is 278 Å². The molecule has 0 spiro atoms. The highest BCUT2D eigenvalue weighted by atomic mass is 16.6. The van der Waals surface area contributed by atoms with E-state index in [1.807, 2.05) is 0 Å². The molecular formula is C61H106O6. The number of rotatable bonds is 51. The van der Waals surface area contributed by atoms with Crippen LogP contribution in [0.25, 0.3) is 0 Å². The molecule has 0 aliphatic heterocycles. The first-order valence-electron chi connectivity index (χ1n) is 28.4. The minimum absolute atomic E-state index is 0.0914. The summed E-state index contributed by atoms with van der Waals surface area (Å²) in [6.45, 7) is 6.56. The number of hydrogen-bond donors (Lipinski definition) is 0. The lowest BCUT2D eigenvalue weighted by Gasteiger charge is -2.18. The second-order valence-corrected chi connectivity index (χ2v) is 18.8. The lowest BCUT2D eigenvalue weighted by molar-refractivity contribution is -0.167. The lowest BCUT2D eigenvalue weighted by Crippen LogP contribution is -2.30. The lowest BCUT2D eigenvalue weighted by atomic mass is 10.1. The molecule has 0 aromatic carbocycles. The van der Waals surface area contributed by atoms with Gasteiger partial charge in [0.05, 0.1) is 0 Å². The topological polar surface area (TPSA) is 78.9 Å². The summed E-state index contributed by atoms with van der Waals surface area (Å²) in [5, 5.41) is 0. The molecule has 0 amide bonds. The molecule has 0 unspecified atom stereocenters. The minimum Gasteiger partial charge on any atom is -0.462 e. The minimum atomic E-state index is -0.793.